The van der Waals surface area contributed by atoms with Crippen LogP contribution in [0.5, 0.6) is 0 Å². The number of rotatable bonds is 1. The molecule has 0 N–H and O–H groups in total. The second kappa shape index (κ2) is 6.33. The third kappa shape index (κ3) is 3.04. The second-order valence-electron chi connectivity index (χ2n) is 2.95. The maximum absolute atomic E-state index is 3.72. The van der Waals surface area contributed by atoms with Gasteiger partial charge in [0, 0.05) is 18.6 Å². The summed E-state index contributed by atoms with van der Waals surface area (Å²) in [5.74, 6) is 0. The first-order chi connectivity index (χ1) is 5.38. The van der Waals surface area contributed by atoms with Crippen molar-refractivity contribution in [1.82, 2.24) is 0 Å². The number of hydrogen-bond acceptors (Lipinski definition) is 0. The minimum Gasteiger partial charge on any atom is -0.0991 e. The molecule has 0 nitrogen and oxygen atoms in total. The van der Waals surface area contributed by atoms with Crippen LogP contribution in [0.2, 0.25) is 0 Å². The van der Waals surface area contributed by atoms with Gasteiger partial charge in [0.05, 0.1) is 0 Å². The van der Waals surface area contributed by atoms with E-state index in [4.69, 9.17) is 0 Å². The molecule has 12 heavy (non-hydrogen) atoms. The molecule has 0 unspecified atom stereocenters. The predicted molar refractivity (Wildman–Crippen MR) is 50.5 cm³/mol. The third-order valence-electron chi connectivity index (χ3n) is 2.22. The third-order valence-corrected chi connectivity index (χ3v) is 2.22. The molecule has 65 valence electrons. The van der Waals surface area contributed by atoms with E-state index in [2.05, 4.69) is 25.7 Å². The van der Waals surface area contributed by atoms with E-state index in [0.717, 1.165) is 0 Å². The van der Waals surface area contributed by atoms with E-state index in [9.17, 15) is 0 Å². The summed E-state index contributed by atoms with van der Waals surface area (Å²) in [6, 6.07) is 0. The van der Waals surface area contributed by atoms with Crippen LogP contribution in [0.3, 0.4) is 0 Å². The summed E-state index contributed by atoms with van der Waals surface area (Å²) in [6.07, 6.45) is 11.5. The Labute approximate surface area is 87.3 Å². The van der Waals surface area contributed by atoms with Crippen LogP contribution in [0.1, 0.15) is 32.6 Å². The van der Waals surface area contributed by atoms with Crippen LogP contribution in [0.4, 0.5) is 0 Å². The Morgan fingerprint density at radius 1 is 1.17 bits per heavy atom. The SMILES string of the molecule is C=C/C=C1/CCCC/C1=C/C.[V]. The van der Waals surface area contributed by atoms with E-state index < -0.39 is 0 Å². The Morgan fingerprint density at radius 3 is 2.25 bits per heavy atom. The van der Waals surface area contributed by atoms with Crippen LogP contribution in [0.15, 0.2) is 36.0 Å². The molecular formula is C11H16V. The molecule has 0 saturated heterocycles. The molecular weight excluding hydrogens is 183 g/mol. The van der Waals surface area contributed by atoms with E-state index in [1.807, 2.05) is 6.08 Å². The van der Waals surface area contributed by atoms with Crippen molar-refractivity contribution in [3.8, 4) is 0 Å². The van der Waals surface area contributed by atoms with Gasteiger partial charge < -0.3 is 0 Å². The summed E-state index contributed by atoms with van der Waals surface area (Å²) in [6.45, 7) is 5.84. The minimum absolute atomic E-state index is 0. The average Bonchev–Trinajstić information content (AvgIpc) is 2.06. The Hall–Kier alpha value is -0.196. The monoisotopic (exact) mass is 199 g/mol. The van der Waals surface area contributed by atoms with E-state index in [1.165, 1.54) is 36.8 Å². The second-order valence-corrected chi connectivity index (χ2v) is 2.95. The van der Waals surface area contributed by atoms with E-state index in [0.29, 0.717) is 0 Å². The van der Waals surface area contributed by atoms with Crippen molar-refractivity contribution >= 4 is 0 Å². The molecule has 0 spiro atoms. The molecule has 0 aromatic rings. The van der Waals surface area contributed by atoms with Crippen LogP contribution < -0.4 is 0 Å². The Bertz CT molecular complexity index is 199. The molecule has 1 heteroatoms. The first-order valence-corrected chi connectivity index (χ1v) is 4.35. The minimum atomic E-state index is 0. The van der Waals surface area contributed by atoms with Gasteiger partial charge in [0.2, 0.25) is 0 Å². The zero-order valence-electron chi connectivity index (χ0n) is 7.71. The van der Waals surface area contributed by atoms with Gasteiger partial charge in [-0.3, -0.25) is 0 Å². The topological polar surface area (TPSA) is 0 Å². The van der Waals surface area contributed by atoms with Gasteiger partial charge in [-0.25, -0.2) is 0 Å². The van der Waals surface area contributed by atoms with Gasteiger partial charge in [0.1, 0.15) is 0 Å². The number of allylic oxidation sites excluding steroid dienone is 5. The zero-order valence-corrected chi connectivity index (χ0v) is 9.11. The molecule has 0 amide bonds. The Balaban J connectivity index is 0.00000121. The molecule has 1 fully saturated rings. The maximum Gasteiger partial charge on any atom is 0 e. The van der Waals surface area contributed by atoms with Crippen LogP contribution in [-0.4, -0.2) is 0 Å². The van der Waals surface area contributed by atoms with Crippen molar-refractivity contribution in [3.63, 3.8) is 0 Å². The van der Waals surface area contributed by atoms with E-state index in [-0.39, 0.29) is 18.6 Å². The van der Waals surface area contributed by atoms with Crippen LogP contribution in [0, 0.1) is 0 Å². The van der Waals surface area contributed by atoms with E-state index in [1.54, 1.807) is 0 Å². The Kier molecular flexibility index (Phi) is 6.23. The molecule has 0 aliphatic heterocycles. The van der Waals surface area contributed by atoms with Crippen molar-refractivity contribution in [2.75, 3.05) is 0 Å². The summed E-state index contributed by atoms with van der Waals surface area (Å²) < 4.78 is 0. The fourth-order valence-electron chi connectivity index (χ4n) is 1.61. The number of hydrogen-bond donors (Lipinski definition) is 0. The molecule has 0 aromatic carbocycles. The quantitative estimate of drug-likeness (QED) is 0.605. The maximum atomic E-state index is 3.72. The van der Waals surface area contributed by atoms with Crippen molar-refractivity contribution in [2.45, 2.75) is 32.6 Å². The standard InChI is InChI=1S/C11H16.V/c1-3-7-11-9-6-5-8-10(11)4-2;/h3-4,7H,1,5-6,8-9H2,2H3;/b10-4-,11-7-;. The van der Waals surface area contributed by atoms with Crippen molar-refractivity contribution in [1.29, 1.82) is 0 Å². The molecule has 1 radical (unpaired) electrons. The molecule has 1 aliphatic carbocycles. The molecule has 1 aliphatic rings. The van der Waals surface area contributed by atoms with Crippen LogP contribution in [0.25, 0.3) is 0 Å². The van der Waals surface area contributed by atoms with Gasteiger partial charge in [0.15, 0.2) is 0 Å². The summed E-state index contributed by atoms with van der Waals surface area (Å²) in [7, 11) is 0. The van der Waals surface area contributed by atoms with Crippen molar-refractivity contribution < 1.29 is 18.6 Å². The van der Waals surface area contributed by atoms with Gasteiger partial charge in [-0.15, -0.1) is 0 Å². The molecule has 1 rings (SSSR count). The first-order valence-electron chi connectivity index (χ1n) is 4.35. The van der Waals surface area contributed by atoms with Crippen molar-refractivity contribution in [3.05, 3.63) is 36.0 Å². The fourth-order valence-corrected chi connectivity index (χ4v) is 1.61. The normalized spacial score (nSPS) is 23.8. The predicted octanol–water partition coefficient (Wildman–Crippen LogP) is 3.62. The summed E-state index contributed by atoms with van der Waals surface area (Å²) in [5, 5.41) is 0. The molecule has 0 bridgehead atoms. The first kappa shape index (κ1) is 11.8. The van der Waals surface area contributed by atoms with Crippen LogP contribution >= 0.6 is 0 Å². The fraction of sp³-hybridized carbons (Fsp3) is 0.455. The largest absolute Gasteiger partial charge is 0.0991 e. The van der Waals surface area contributed by atoms with E-state index >= 15 is 0 Å². The summed E-state index contributed by atoms with van der Waals surface area (Å²) in [5.41, 5.74) is 3.02. The molecule has 0 aromatic heterocycles. The molecule has 0 atom stereocenters. The molecule has 0 heterocycles. The summed E-state index contributed by atoms with van der Waals surface area (Å²) >= 11 is 0. The van der Waals surface area contributed by atoms with Crippen molar-refractivity contribution in [2.24, 2.45) is 0 Å². The summed E-state index contributed by atoms with van der Waals surface area (Å²) in [4.78, 5) is 0. The Morgan fingerprint density at radius 2 is 1.75 bits per heavy atom. The van der Waals surface area contributed by atoms with Gasteiger partial charge in [-0.05, 0) is 43.8 Å². The smallest absolute Gasteiger partial charge is 0 e. The van der Waals surface area contributed by atoms with Crippen LogP contribution in [-0.2, 0) is 18.6 Å². The average molecular weight is 199 g/mol. The van der Waals surface area contributed by atoms with Gasteiger partial charge in [-0.2, -0.15) is 0 Å². The van der Waals surface area contributed by atoms with Gasteiger partial charge >= 0.3 is 0 Å². The van der Waals surface area contributed by atoms with Gasteiger partial charge in [0.25, 0.3) is 0 Å². The zero-order chi connectivity index (χ0) is 8.10. The molecule has 1 saturated carbocycles. The van der Waals surface area contributed by atoms with Gasteiger partial charge in [-0.1, -0.05) is 24.8 Å².